The summed E-state index contributed by atoms with van der Waals surface area (Å²) in [7, 11) is 0. The van der Waals surface area contributed by atoms with Gasteiger partial charge in [-0.3, -0.25) is 14.7 Å². The number of nitrogens with one attached hydrogen (secondary N) is 2. The molecule has 2 heterocycles. The highest BCUT2D eigenvalue weighted by Gasteiger charge is 2.34. The molecule has 2 aromatic carbocycles. The first-order valence-electron chi connectivity index (χ1n) is 10.5. The Morgan fingerprint density at radius 1 is 1.15 bits per heavy atom. The second kappa shape index (κ2) is 9.76. The molecule has 0 saturated carbocycles. The molecule has 1 saturated heterocycles. The molecule has 0 bridgehead atoms. The quantitative estimate of drug-likeness (QED) is 0.508. The fourth-order valence-corrected chi connectivity index (χ4v) is 4.20. The van der Waals surface area contributed by atoms with Crippen molar-refractivity contribution in [2.45, 2.75) is 31.7 Å². The molecule has 0 aliphatic carbocycles. The van der Waals surface area contributed by atoms with Crippen molar-refractivity contribution in [2.75, 3.05) is 11.9 Å². The van der Waals surface area contributed by atoms with Gasteiger partial charge in [0, 0.05) is 29.6 Å². The van der Waals surface area contributed by atoms with E-state index in [9.17, 15) is 22.8 Å². The number of likely N-dealkylation sites (tertiary alicyclic amines) is 1. The molecule has 0 spiro atoms. The van der Waals surface area contributed by atoms with E-state index in [0.29, 0.717) is 29.8 Å². The van der Waals surface area contributed by atoms with Gasteiger partial charge >= 0.3 is 6.36 Å². The third kappa shape index (κ3) is 5.33. The number of aromatic nitrogens is 2. The Kier molecular flexibility index (Phi) is 6.78. The van der Waals surface area contributed by atoms with Gasteiger partial charge in [0.25, 0.3) is 5.91 Å². The zero-order valence-electron chi connectivity index (χ0n) is 17.7. The van der Waals surface area contributed by atoms with Crippen molar-refractivity contribution >= 4 is 29.1 Å². The van der Waals surface area contributed by atoms with E-state index in [1.165, 1.54) is 53.7 Å². The van der Waals surface area contributed by atoms with Crippen molar-refractivity contribution in [1.29, 1.82) is 0 Å². The summed E-state index contributed by atoms with van der Waals surface area (Å²) in [6.45, 7) is 0.442. The maximum Gasteiger partial charge on any atom is 0.573 e. The van der Waals surface area contributed by atoms with Crippen molar-refractivity contribution in [1.82, 2.24) is 15.1 Å². The van der Waals surface area contributed by atoms with Crippen LogP contribution in [0.1, 0.15) is 29.6 Å². The number of nitrogens with zero attached hydrogens (tertiary/aromatic N) is 2. The largest absolute Gasteiger partial charge is 0.573 e. The molecule has 2 amide bonds. The smallest absolute Gasteiger partial charge is 0.405 e. The topological polar surface area (TPSA) is 87.3 Å². The third-order valence-corrected chi connectivity index (χ3v) is 5.76. The van der Waals surface area contributed by atoms with Crippen LogP contribution >= 0.6 is 11.6 Å². The van der Waals surface area contributed by atoms with Gasteiger partial charge in [-0.05, 0) is 37.5 Å². The molecular weight excluding hydrogens is 473 g/mol. The lowest BCUT2D eigenvalue weighted by Crippen LogP contribution is -2.49. The lowest BCUT2D eigenvalue weighted by molar-refractivity contribution is -0.274. The van der Waals surface area contributed by atoms with Gasteiger partial charge < -0.3 is 15.0 Å². The standard InChI is InChI=1S/C23H20ClF3N4O3/c24-18-11-15(8-9-16(18)17-5-1-2-7-20(17)34-23(25,26)27)30-21(32)19-6-3-4-10-31(19)22(33)14-12-28-29-13-14/h1-2,5,7-9,11-13,19H,3-4,6,10H2,(H,28,29)(H,30,32). The molecule has 3 aromatic rings. The summed E-state index contributed by atoms with van der Waals surface area (Å²) in [5.74, 6) is -1.05. The molecule has 4 rings (SSSR count). The fourth-order valence-electron chi connectivity index (χ4n) is 3.92. The second-order valence-electron chi connectivity index (χ2n) is 7.72. The molecule has 0 radical (unpaired) electrons. The van der Waals surface area contributed by atoms with Crippen LogP contribution in [-0.4, -0.2) is 45.9 Å². The van der Waals surface area contributed by atoms with Gasteiger partial charge in [0.15, 0.2) is 0 Å². The molecule has 1 aromatic heterocycles. The Morgan fingerprint density at radius 3 is 2.65 bits per heavy atom. The lowest BCUT2D eigenvalue weighted by Gasteiger charge is -2.34. The van der Waals surface area contributed by atoms with Crippen LogP contribution in [0.4, 0.5) is 18.9 Å². The number of piperidine rings is 1. The van der Waals surface area contributed by atoms with E-state index in [1.54, 1.807) is 6.07 Å². The number of carbonyl (C=O) groups excluding carboxylic acids is 2. The van der Waals surface area contributed by atoms with Crippen LogP contribution in [0.3, 0.4) is 0 Å². The molecule has 7 nitrogen and oxygen atoms in total. The van der Waals surface area contributed by atoms with E-state index in [4.69, 9.17) is 11.6 Å². The van der Waals surface area contributed by atoms with E-state index < -0.39 is 12.4 Å². The number of anilines is 1. The Bertz CT molecular complexity index is 1180. The second-order valence-corrected chi connectivity index (χ2v) is 8.13. The van der Waals surface area contributed by atoms with Gasteiger partial charge in [-0.15, -0.1) is 13.2 Å². The van der Waals surface area contributed by atoms with Gasteiger partial charge in [0.1, 0.15) is 11.8 Å². The summed E-state index contributed by atoms with van der Waals surface area (Å²) in [5.41, 5.74) is 1.20. The summed E-state index contributed by atoms with van der Waals surface area (Å²) in [6, 6.07) is 9.47. The van der Waals surface area contributed by atoms with Crippen LogP contribution in [0.15, 0.2) is 54.9 Å². The van der Waals surface area contributed by atoms with Gasteiger partial charge in [-0.25, -0.2) is 0 Å². The van der Waals surface area contributed by atoms with E-state index in [0.717, 1.165) is 12.8 Å². The molecule has 1 fully saturated rings. The number of H-pyrrole nitrogens is 1. The van der Waals surface area contributed by atoms with Gasteiger partial charge in [-0.2, -0.15) is 5.10 Å². The predicted octanol–water partition coefficient (Wildman–Crippen LogP) is 5.26. The lowest BCUT2D eigenvalue weighted by atomic mass is 10.00. The monoisotopic (exact) mass is 492 g/mol. The highest BCUT2D eigenvalue weighted by Crippen LogP contribution is 2.38. The van der Waals surface area contributed by atoms with Crippen molar-refractivity contribution in [3.63, 3.8) is 0 Å². The number of para-hydroxylation sites is 1. The number of benzene rings is 2. The fraction of sp³-hybridized carbons (Fsp3) is 0.261. The molecule has 1 aliphatic rings. The Labute approximate surface area is 197 Å². The van der Waals surface area contributed by atoms with Crippen molar-refractivity contribution in [2.24, 2.45) is 0 Å². The number of hydrogen-bond donors (Lipinski definition) is 2. The number of hydrogen-bond acceptors (Lipinski definition) is 4. The highest BCUT2D eigenvalue weighted by molar-refractivity contribution is 6.33. The average molecular weight is 493 g/mol. The summed E-state index contributed by atoms with van der Waals surface area (Å²) in [5, 5.41) is 9.27. The number of aromatic amines is 1. The molecule has 178 valence electrons. The minimum Gasteiger partial charge on any atom is -0.405 e. The van der Waals surface area contributed by atoms with E-state index in [2.05, 4.69) is 20.3 Å². The molecule has 1 unspecified atom stereocenters. The van der Waals surface area contributed by atoms with Crippen LogP contribution in [0.2, 0.25) is 5.02 Å². The summed E-state index contributed by atoms with van der Waals surface area (Å²) >= 11 is 6.36. The van der Waals surface area contributed by atoms with Gasteiger partial charge in [0.2, 0.25) is 5.91 Å². The van der Waals surface area contributed by atoms with Crippen LogP contribution in [0, 0.1) is 0 Å². The van der Waals surface area contributed by atoms with Crippen molar-refractivity contribution < 1.29 is 27.5 Å². The zero-order chi connectivity index (χ0) is 24.3. The van der Waals surface area contributed by atoms with Crippen LogP contribution in [0.25, 0.3) is 11.1 Å². The summed E-state index contributed by atoms with van der Waals surface area (Å²) in [4.78, 5) is 27.3. The predicted molar refractivity (Wildman–Crippen MR) is 119 cm³/mol. The first-order chi connectivity index (χ1) is 16.2. The number of ether oxygens (including phenoxy) is 1. The SMILES string of the molecule is O=C(Nc1ccc(-c2ccccc2OC(F)(F)F)c(Cl)c1)C1CCCCN1C(=O)c1cn[nH]c1. The number of amides is 2. The first kappa shape index (κ1) is 23.6. The number of halogens is 4. The number of carbonyl (C=O) groups is 2. The summed E-state index contributed by atoms with van der Waals surface area (Å²) in [6.07, 6.45) is 0.116. The highest BCUT2D eigenvalue weighted by atomic mass is 35.5. The molecule has 1 atom stereocenters. The van der Waals surface area contributed by atoms with E-state index in [-0.39, 0.29) is 28.1 Å². The molecular formula is C23H20ClF3N4O3. The minimum absolute atomic E-state index is 0.131. The normalized spacial score (nSPS) is 16.2. The zero-order valence-corrected chi connectivity index (χ0v) is 18.5. The van der Waals surface area contributed by atoms with E-state index in [1.807, 2.05) is 0 Å². The Balaban J connectivity index is 1.53. The molecule has 11 heteroatoms. The van der Waals surface area contributed by atoms with E-state index >= 15 is 0 Å². The summed E-state index contributed by atoms with van der Waals surface area (Å²) < 4.78 is 42.4. The van der Waals surface area contributed by atoms with Gasteiger partial charge in [-0.1, -0.05) is 35.9 Å². The van der Waals surface area contributed by atoms with Crippen molar-refractivity contribution in [3.8, 4) is 16.9 Å². The third-order valence-electron chi connectivity index (χ3n) is 5.45. The van der Waals surface area contributed by atoms with Crippen LogP contribution in [0.5, 0.6) is 5.75 Å². The molecule has 1 aliphatic heterocycles. The molecule has 34 heavy (non-hydrogen) atoms. The van der Waals surface area contributed by atoms with Crippen LogP contribution < -0.4 is 10.1 Å². The number of alkyl halides is 3. The molecule has 2 N–H and O–H groups in total. The maximum absolute atomic E-state index is 13.0. The first-order valence-corrected chi connectivity index (χ1v) is 10.9. The minimum atomic E-state index is -4.85. The number of rotatable bonds is 5. The van der Waals surface area contributed by atoms with Crippen molar-refractivity contribution in [3.05, 3.63) is 65.4 Å². The van der Waals surface area contributed by atoms with Crippen LogP contribution in [-0.2, 0) is 4.79 Å². The van der Waals surface area contributed by atoms with Gasteiger partial charge in [0.05, 0.1) is 16.8 Å². The Hall–Kier alpha value is -3.53. The maximum atomic E-state index is 13.0. The average Bonchev–Trinajstić information content (AvgIpc) is 3.33. The Morgan fingerprint density at radius 2 is 1.94 bits per heavy atom.